The Morgan fingerprint density at radius 1 is 1.22 bits per heavy atom. The van der Waals surface area contributed by atoms with Crippen molar-refractivity contribution >= 4 is 54.9 Å². The summed E-state index contributed by atoms with van der Waals surface area (Å²) in [5.41, 5.74) is 2.80. The smallest absolute Gasteiger partial charge is 0.234 e. The summed E-state index contributed by atoms with van der Waals surface area (Å²) in [4.78, 5) is 29.3. The highest BCUT2D eigenvalue weighted by Gasteiger charge is 2.36. The third-order valence-electron chi connectivity index (χ3n) is 5.03. The first-order chi connectivity index (χ1) is 13.0. The number of halogens is 2. The molecule has 1 amide bonds. The molecule has 1 saturated heterocycles. The lowest BCUT2D eigenvalue weighted by Gasteiger charge is -2.34. The van der Waals surface area contributed by atoms with Crippen LogP contribution in [0, 0.1) is 0 Å². The van der Waals surface area contributed by atoms with Gasteiger partial charge in [0, 0.05) is 55.8 Å². The Morgan fingerprint density at radius 2 is 1.96 bits per heavy atom. The van der Waals surface area contributed by atoms with Gasteiger partial charge in [-0.25, -0.2) is 0 Å². The van der Waals surface area contributed by atoms with Crippen molar-refractivity contribution in [2.45, 2.75) is 19.0 Å². The van der Waals surface area contributed by atoms with Gasteiger partial charge in [0.05, 0.1) is 32.7 Å². The van der Waals surface area contributed by atoms with E-state index in [2.05, 4.69) is 47.0 Å². The average Bonchev–Trinajstić information content (AvgIpc) is 3.30. The van der Waals surface area contributed by atoms with Crippen molar-refractivity contribution < 1.29 is 14.0 Å². The van der Waals surface area contributed by atoms with E-state index < -0.39 is 0 Å². The number of fused-ring (bicyclic) bond motifs is 1. The van der Waals surface area contributed by atoms with Crippen LogP contribution in [0.4, 0.5) is 0 Å². The maximum atomic E-state index is 12.5. The number of hydrogen-bond acceptors (Lipinski definition) is 6. The Hall–Kier alpha value is -1.00. The topological polar surface area (TPSA) is 65.8 Å². The van der Waals surface area contributed by atoms with E-state index >= 15 is 0 Å². The summed E-state index contributed by atoms with van der Waals surface area (Å²) in [7, 11) is 0. The molecule has 27 heavy (non-hydrogen) atoms. The maximum Gasteiger partial charge on any atom is 0.234 e. The van der Waals surface area contributed by atoms with Crippen molar-refractivity contribution in [3.63, 3.8) is 0 Å². The highest BCUT2D eigenvalue weighted by molar-refractivity contribution is 9.12. The monoisotopic (exact) mass is 515 g/mol. The number of rotatable bonds is 5. The molecule has 9 heteroatoms. The van der Waals surface area contributed by atoms with Gasteiger partial charge in [-0.3, -0.25) is 19.4 Å². The molecule has 0 bridgehead atoms. The zero-order valence-corrected chi connectivity index (χ0v) is 18.5. The Kier molecular flexibility index (Phi) is 5.84. The Labute approximate surface area is 178 Å². The molecule has 1 atom stereocenters. The van der Waals surface area contributed by atoms with Crippen LogP contribution in [0.25, 0.3) is 0 Å². The quantitative estimate of drug-likeness (QED) is 0.659. The fraction of sp³-hybridized carbons (Fsp3) is 0.444. The number of carbonyl (C=O) groups excluding carboxylic acids is 2. The first-order valence-electron chi connectivity index (χ1n) is 8.77. The average molecular weight is 517 g/mol. The molecule has 144 valence electrons. The van der Waals surface area contributed by atoms with Crippen molar-refractivity contribution in [1.29, 1.82) is 0 Å². The minimum absolute atomic E-state index is 0.0295. The Balaban J connectivity index is 1.28. The minimum Gasteiger partial charge on any atom is -0.472 e. The molecule has 1 aliphatic heterocycles. The van der Waals surface area contributed by atoms with Crippen LogP contribution in [-0.2, 0) is 11.3 Å². The zero-order chi connectivity index (χ0) is 19.0. The molecule has 2 aromatic heterocycles. The summed E-state index contributed by atoms with van der Waals surface area (Å²) in [5, 5.41) is 3.04. The lowest BCUT2D eigenvalue weighted by Crippen LogP contribution is -2.49. The molecule has 0 aromatic carbocycles. The van der Waals surface area contributed by atoms with Crippen molar-refractivity contribution in [3.8, 4) is 0 Å². The second kappa shape index (κ2) is 8.16. The van der Waals surface area contributed by atoms with Crippen LogP contribution in [-0.4, -0.2) is 54.2 Å². The van der Waals surface area contributed by atoms with Gasteiger partial charge in [0.2, 0.25) is 5.91 Å². The molecule has 2 aliphatic rings. The number of nitrogens with one attached hydrogen (secondary N) is 1. The second-order valence-electron chi connectivity index (χ2n) is 6.87. The number of thiophene rings is 1. The number of Topliss-reactive ketones (excluding diaryl/α,β-unsaturated/α-hetero) is 1. The van der Waals surface area contributed by atoms with Crippen molar-refractivity contribution in [3.05, 3.63) is 42.9 Å². The molecule has 1 N–H and O–H groups in total. The molecule has 1 fully saturated rings. The lowest BCUT2D eigenvalue weighted by molar-refractivity contribution is -0.123. The standard InChI is InChI=1S/C18H19Br2N3O3S/c19-17-15-12(7-13(24)16(15)18(20)27-17)21-14(25)9-23-4-2-22(3-5-23)8-11-1-6-26-10-11/h1,6,10,12H,2-5,7-9H2,(H,21,25). The van der Waals surface area contributed by atoms with Gasteiger partial charge in [0.1, 0.15) is 0 Å². The fourth-order valence-corrected chi connectivity index (χ4v) is 7.03. The van der Waals surface area contributed by atoms with Crippen molar-refractivity contribution in [2.24, 2.45) is 0 Å². The summed E-state index contributed by atoms with van der Waals surface area (Å²) < 4.78 is 6.86. The van der Waals surface area contributed by atoms with E-state index in [9.17, 15) is 9.59 Å². The molecule has 0 radical (unpaired) electrons. The summed E-state index contributed by atoms with van der Waals surface area (Å²) in [6.07, 6.45) is 3.80. The number of nitrogens with zero attached hydrogens (tertiary/aromatic N) is 2. The predicted molar refractivity (Wildman–Crippen MR) is 110 cm³/mol. The normalized spacial score (nSPS) is 20.8. The van der Waals surface area contributed by atoms with Gasteiger partial charge in [-0.15, -0.1) is 11.3 Å². The molecule has 2 aromatic rings. The molecular weight excluding hydrogens is 498 g/mol. The number of piperazine rings is 1. The Bertz CT molecular complexity index is 844. The Morgan fingerprint density at radius 3 is 2.67 bits per heavy atom. The van der Waals surface area contributed by atoms with Gasteiger partial charge in [-0.1, -0.05) is 0 Å². The first kappa shape index (κ1) is 19.3. The second-order valence-corrected chi connectivity index (χ2v) is 10.5. The summed E-state index contributed by atoms with van der Waals surface area (Å²) in [6.45, 7) is 4.80. The fourth-order valence-electron chi connectivity index (χ4n) is 3.66. The number of carbonyl (C=O) groups is 2. The molecule has 1 aliphatic carbocycles. The van der Waals surface area contributed by atoms with E-state index in [1.54, 1.807) is 12.5 Å². The number of amides is 1. The SMILES string of the molecule is O=C(CN1CCN(Cc2ccoc2)CC1)NC1CC(=O)c2c(Br)sc(Br)c21. The van der Waals surface area contributed by atoms with Crippen LogP contribution >= 0.6 is 43.2 Å². The summed E-state index contributed by atoms with van der Waals surface area (Å²) >= 11 is 8.44. The molecular formula is C18H19Br2N3O3S. The highest BCUT2D eigenvalue weighted by atomic mass is 79.9. The zero-order valence-electron chi connectivity index (χ0n) is 14.5. The van der Waals surface area contributed by atoms with E-state index in [1.165, 1.54) is 16.9 Å². The minimum atomic E-state index is -0.237. The van der Waals surface area contributed by atoms with Gasteiger partial charge >= 0.3 is 0 Å². The van der Waals surface area contributed by atoms with Gasteiger partial charge in [0.15, 0.2) is 5.78 Å². The third-order valence-corrected chi connectivity index (χ3v) is 7.60. The summed E-state index contributed by atoms with van der Waals surface area (Å²) in [5.74, 6) is 0.0511. The third kappa shape index (κ3) is 4.22. The molecule has 1 unspecified atom stereocenters. The molecule has 4 rings (SSSR count). The maximum absolute atomic E-state index is 12.5. The first-order valence-corrected chi connectivity index (χ1v) is 11.2. The lowest BCUT2D eigenvalue weighted by atomic mass is 10.2. The molecule has 3 heterocycles. The van der Waals surface area contributed by atoms with E-state index in [-0.39, 0.29) is 17.7 Å². The van der Waals surface area contributed by atoms with Gasteiger partial charge in [-0.2, -0.15) is 0 Å². The van der Waals surface area contributed by atoms with E-state index in [4.69, 9.17) is 4.42 Å². The summed E-state index contributed by atoms with van der Waals surface area (Å²) in [6, 6.07) is 1.75. The van der Waals surface area contributed by atoms with Crippen molar-refractivity contribution in [2.75, 3.05) is 32.7 Å². The van der Waals surface area contributed by atoms with E-state index in [0.717, 1.165) is 45.9 Å². The number of furan rings is 1. The molecule has 0 saturated carbocycles. The van der Waals surface area contributed by atoms with Crippen LogP contribution in [0.2, 0.25) is 0 Å². The largest absolute Gasteiger partial charge is 0.472 e. The van der Waals surface area contributed by atoms with Gasteiger partial charge in [0.25, 0.3) is 0 Å². The molecule has 0 spiro atoms. The van der Waals surface area contributed by atoms with Crippen LogP contribution in [0.15, 0.2) is 30.6 Å². The predicted octanol–water partition coefficient (Wildman–Crippen LogP) is 3.43. The number of hydrogen-bond donors (Lipinski definition) is 1. The van der Waals surface area contributed by atoms with Crippen LogP contribution in [0.5, 0.6) is 0 Å². The molecule has 6 nitrogen and oxygen atoms in total. The van der Waals surface area contributed by atoms with Gasteiger partial charge < -0.3 is 9.73 Å². The van der Waals surface area contributed by atoms with E-state index in [0.29, 0.717) is 18.5 Å². The van der Waals surface area contributed by atoms with Crippen LogP contribution in [0.1, 0.15) is 33.9 Å². The van der Waals surface area contributed by atoms with Crippen molar-refractivity contribution in [1.82, 2.24) is 15.1 Å². The number of ketones is 1. The van der Waals surface area contributed by atoms with E-state index in [1.807, 2.05) is 6.07 Å². The van der Waals surface area contributed by atoms with Gasteiger partial charge in [-0.05, 0) is 37.9 Å². The van der Waals surface area contributed by atoms with Crippen LogP contribution < -0.4 is 5.32 Å². The highest BCUT2D eigenvalue weighted by Crippen LogP contribution is 2.46. The van der Waals surface area contributed by atoms with Crippen LogP contribution in [0.3, 0.4) is 0 Å².